The van der Waals surface area contributed by atoms with Crippen LogP contribution in [0.3, 0.4) is 0 Å². The van der Waals surface area contributed by atoms with Crippen molar-refractivity contribution in [2.24, 2.45) is 0 Å². The van der Waals surface area contributed by atoms with Crippen molar-refractivity contribution in [3.05, 3.63) is 95.6 Å². The number of anilines is 1. The van der Waals surface area contributed by atoms with E-state index in [0.29, 0.717) is 24.1 Å². The van der Waals surface area contributed by atoms with Crippen LogP contribution in [-0.2, 0) is 13.1 Å². The summed E-state index contributed by atoms with van der Waals surface area (Å²) in [6, 6.07) is 24.7. The molecule has 3 aromatic heterocycles. The molecule has 2 aliphatic rings. The molecule has 0 bridgehead atoms. The van der Waals surface area contributed by atoms with Crippen molar-refractivity contribution < 1.29 is 4.79 Å². The van der Waals surface area contributed by atoms with Crippen LogP contribution in [0, 0.1) is 11.3 Å². The van der Waals surface area contributed by atoms with Crippen LogP contribution in [-0.4, -0.2) is 54.5 Å². The van der Waals surface area contributed by atoms with Crippen molar-refractivity contribution >= 4 is 17.4 Å². The molecule has 0 radical (unpaired) electrons. The molecule has 5 heterocycles. The van der Waals surface area contributed by atoms with E-state index in [1.54, 1.807) is 16.8 Å². The number of likely N-dealkylation sites (tertiary alicyclic amines) is 1. The monoisotopic (exact) mass is 541 g/mol. The van der Waals surface area contributed by atoms with Gasteiger partial charge >= 0.3 is 0 Å². The van der Waals surface area contributed by atoms with Gasteiger partial charge in [0.1, 0.15) is 17.6 Å². The molecule has 7 rings (SSSR count). The number of fused-ring (bicyclic) bond motifs is 2. The molecule has 2 aliphatic heterocycles. The second-order valence-corrected chi connectivity index (χ2v) is 10.4. The van der Waals surface area contributed by atoms with Gasteiger partial charge in [0.25, 0.3) is 5.91 Å². The number of nitriles is 1. The summed E-state index contributed by atoms with van der Waals surface area (Å²) in [5.41, 5.74) is 7.01. The first kappa shape index (κ1) is 24.9. The summed E-state index contributed by atoms with van der Waals surface area (Å²) in [5.74, 6) is 0.737. The lowest BCUT2D eigenvalue weighted by molar-refractivity contribution is 0.0960. The highest BCUT2D eigenvalue weighted by Crippen LogP contribution is 2.33. The minimum atomic E-state index is -0.150. The predicted octanol–water partition coefficient (Wildman–Crippen LogP) is 4.04. The molecular formula is C31H27N9O. The minimum absolute atomic E-state index is 0.150. The number of nitrogens with one attached hydrogen (secondary N) is 2. The number of hydrogen-bond donors (Lipinski definition) is 2. The third kappa shape index (κ3) is 4.88. The Balaban J connectivity index is 1.09. The number of carbonyl (C=O) groups excluding carboxylic acids is 1. The molecule has 2 N–H and O–H groups in total. The second kappa shape index (κ2) is 10.4. The van der Waals surface area contributed by atoms with E-state index < -0.39 is 0 Å². The fraction of sp³-hybridized carbons (Fsp3) is 0.226. The normalized spacial score (nSPS) is 15.4. The highest BCUT2D eigenvalue weighted by atomic mass is 16.2. The highest BCUT2D eigenvalue weighted by molar-refractivity contribution is 5.96. The van der Waals surface area contributed by atoms with Crippen molar-refractivity contribution in [2.45, 2.75) is 32.0 Å². The number of amides is 1. The molecule has 41 heavy (non-hydrogen) atoms. The number of piperidine rings is 1. The SMILES string of the molecule is N#Cc1nccc(NC2CCN(Cc3ccc(-c4nc5cc6c(nn5c4-c4ccccc4)C(=O)NC6)cc3)CC2)n1. The van der Waals surface area contributed by atoms with Gasteiger partial charge in [0.15, 0.2) is 11.3 Å². The molecule has 10 nitrogen and oxygen atoms in total. The number of aromatic nitrogens is 5. The summed E-state index contributed by atoms with van der Waals surface area (Å²) in [7, 11) is 0. The van der Waals surface area contributed by atoms with Crippen LogP contribution in [0.2, 0.25) is 0 Å². The number of benzene rings is 2. The number of nitrogens with zero attached hydrogens (tertiary/aromatic N) is 7. The first-order valence-corrected chi connectivity index (χ1v) is 13.7. The number of rotatable bonds is 6. The van der Waals surface area contributed by atoms with Gasteiger partial charge in [0, 0.05) is 55.1 Å². The molecular weight excluding hydrogens is 514 g/mol. The third-order valence-corrected chi connectivity index (χ3v) is 7.72. The van der Waals surface area contributed by atoms with Gasteiger partial charge in [-0.2, -0.15) is 10.4 Å². The van der Waals surface area contributed by atoms with Crippen LogP contribution in [0.4, 0.5) is 5.82 Å². The Bertz CT molecular complexity index is 1780. The van der Waals surface area contributed by atoms with Crippen molar-refractivity contribution in [1.82, 2.24) is 34.8 Å². The summed E-state index contributed by atoms with van der Waals surface area (Å²) >= 11 is 0. The molecule has 1 fully saturated rings. The molecule has 0 aliphatic carbocycles. The number of hydrogen-bond acceptors (Lipinski definition) is 8. The number of carbonyl (C=O) groups is 1. The standard InChI is InChI=1S/C31H27N9O/c32-17-26-33-13-10-25(36-26)35-24-11-14-39(15-12-24)19-20-6-8-21(9-7-20)28-30(22-4-2-1-3-5-22)40-27(37-28)16-23-18-34-31(41)29(23)38-40/h1-10,13,16,24H,11-12,14-15,18-19H2,(H,34,41)(H,33,35,36). The maximum Gasteiger partial charge on any atom is 0.272 e. The van der Waals surface area contributed by atoms with E-state index in [4.69, 9.17) is 15.3 Å². The molecule has 1 saturated heterocycles. The lowest BCUT2D eigenvalue weighted by Gasteiger charge is -2.32. The van der Waals surface area contributed by atoms with E-state index in [2.05, 4.69) is 49.8 Å². The van der Waals surface area contributed by atoms with Crippen LogP contribution in [0.1, 0.15) is 40.3 Å². The first-order valence-electron chi connectivity index (χ1n) is 13.7. The Hall–Kier alpha value is -5.14. The predicted molar refractivity (Wildman–Crippen MR) is 154 cm³/mol. The Morgan fingerprint density at radius 2 is 1.78 bits per heavy atom. The van der Waals surface area contributed by atoms with Crippen LogP contribution in [0.25, 0.3) is 28.2 Å². The van der Waals surface area contributed by atoms with Gasteiger partial charge < -0.3 is 10.6 Å². The van der Waals surface area contributed by atoms with E-state index in [0.717, 1.165) is 66.2 Å². The molecule has 2 aromatic carbocycles. The summed E-state index contributed by atoms with van der Waals surface area (Å²) in [6.07, 6.45) is 3.62. The molecule has 0 atom stereocenters. The Morgan fingerprint density at radius 1 is 0.976 bits per heavy atom. The molecule has 1 amide bonds. The summed E-state index contributed by atoms with van der Waals surface area (Å²) in [5, 5.41) is 20.0. The fourth-order valence-corrected chi connectivity index (χ4v) is 5.62. The summed E-state index contributed by atoms with van der Waals surface area (Å²) in [4.78, 5) is 27.9. The lowest BCUT2D eigenvalue weighted by Crippen LogP contribution is -2.38. The van der Waals surface area contributed by atoms with Crippen LogP contribution in [0.5, 0.6) is 0 Å². The Labute approximate surface area is 236 Å². The summed E-state index contributed by atoms with van der Waals surface area (Å²) < 4.78 is 1.79. The highest BCUT2D eigenvalue weighted by Gasteiger charge is 2.25. The second-order valence-electron chi connectivity index (χ2n) is 10.4. The maximum absolute atomic E-state index is 12.3. The van der Waals surface area contributed by atoms with Gasteiger partial charge in [-0.05, 0) is 30.5 Å². The quantitative estimate of drug-likeness (QED) is 0.330. The van der Waals surface area contributed by atoms with Gasteiger partial charge in [-0.1, -0.05) is 54.6 Å². The van der Waals surface area contributed by atoms with Crippen molar-refractivity contribution in [2.75, 3.05) is 18.4 Å². The van der Waals surface area contributed by atoms with Crippen LogP contribution < -0.4 is 10.6 Å². The zero-order valence-electron chi connectivity index (χ0n) is 22.3. The zero-order valence-corrected chi connectivity index (χ0v) is 22.3. The van der Waals surface area contributed by atoms with Crippen molar-refractivity contribution in [1.29, 1.82) is 5.26 Å². The van der Waals surface area contributed by atoms with E-state index >= 15 is 0 Å². The molecule has 202 valence electrons. The molecule has 10 heteroatoms. The van der Waals surface area contributed by atoms with Crippen molar-refractivity contribution in [3.8, 4) is 28.6 Å². The van der Waals surface area contributed by atoms with E-state index in [-0.39, 0.29) is 11.7 Å². The van der Waals surface area contributed by atoms with Gasteiger partial charge in [-0.25, -0.2) is 19.5 Å². The van der Waals surface area contributed by atoms with Crippen molar-refractivity contribution in [3.63, 3.8) is 0 Å². The lowest BCUT2D eigenvalue weighted by atomic mass is 10.0. The third-order valence-electron chi connectivity index (χ3n) is 7.72. The minimum Gasteiger partial charge on any atom is -0.367 e. The zero-order chi connectivity index (χ0) is 27.8. The van der Waals surface area contributed by atoms with Gasteiger partial charge in [0.2, 0.25) is 5.82 Å². The average Bonchev–Trinajstić information content (AvgIpc) is 3.57. The smallest absolute Gasteiger partial charge is 0.272 e. The molecule has 5 aromatic rings. The van der Waals surface area contributed by atoms with E-state index in [9.17, 15) is 4.79 Å². The van der Waals surface area contributed by atoms with E-state index in [1.165, 1.54) is 5.56 Å². The molecule has 0 spiro atoms. The molecule has 0 unspecified atom stereocenters. The topological polar surface area (TPSA) is 124 Å². The Morgan fingerprint density at radius 3 is 2.56 bits per heavy atom. The van der Waals surface area contributed by atoms with E-state index in [1.807, 2.05) is 42.5 Å². The summed E-state index contributed by atoms with van der Waals surface area (Å²) in [6.45, 7) is 3.30. The number of imidazole rings is 1. The van der Waals surface area contributed by atoms with Crippen LogP contribution >= 0.6 is 0 Å². The van der Waals surface area contributed by atoms with Gasteiger partial charge in [-0.15, -0.1) is 0 Å². The van der Waals surface area contributed by atoms with Gasteiger partial charge in [-0.3, -0.25) is 9.69 Å². The van der Waals surface area contributed by atoms with Crippen LogP contribution in [0.15, 0.2) is 72.9 Å². The maximum atomic E-state index is 12.3. The largest absolute Gasteiger partial charge is 0.367 e. The first-order chi connectivity index (χ1) is 20.1. The fourth-order valence-electron chi connectivity index (χ4n) is 5.62. The Kier molecular flexibility index (Phi) is 6.34. The molecule has 0 saturated carbocycles. The van der Waals surface area contributed by atoms with Gasteiger partial charge in [0.05, 0.1) is 5.69 Å². The average molecular weight is 542 g/mol.